The van der Waals surface area contributed by atoms with Crippen molar-refractivity contribution in [1.82, 2.24) is 5.32 Å². The van der Waals surface area contributed by atoms with Gasteiger partial charge in [0.25, 0.3) is 6.57 Å². The van der Waals surface area contributed by atoms with Crippen LogP contribution in [-0.2, 0) is 9.09 Å². The molecule has 82 valence electrons. The van der Waals surface area contributed by atoms with E-state index >= 15 is 0 Å². The molecule has 0 aliphatic carbocycles. The van der Waals surface area contributed by atoms with Gasteiger partial charge in [-0.05, 0) is 6.92 Å². The van der Waals surface area contributed by atoms with Gasteiger partial charge in [0.2, 0.25) is 0 Å². The van der Waals surface area contributed by atoms with Crippen molar-refractivity contribution in [2.24, 2.45) is 0 Å². The molecule has 1 unspecified atom stereocenters. The first kappa shape index (κ1) is 13.5. The summed E-state index contributed by atoms with van der Waals surface area (Å²) in [6, 6.07) is 0. The molecule has 1 amide bonds. The van der Waals surface area contributed by atoms with Crippen molar-refractivity contribution in [3.05, 3.63) is 12.4 Å². The van der Waals surface area contributed by atoms with Crippen LogP contribution in [0.3, 0.4) is 0 Å². The highest BCUT2D eigenvalue weighted by Gasteiger charge is 2.17. The second kappa shape index (κ2) is 6.92. The predicted molar refractivity (Wildman–Crippen MR) is 57.9 cm³/mol. The third-order valence-electron chi connectivity index (χ3n) is 1.18. The lowest BCUT2D eigenvalue weighted by Gasteiger charge is -2.11. The first-order chi connectivity index (χ1) is 6.54. The van der Waals surface area contributed by atoms with Crippen molar-refractivity contribution in [1.29, 1.82) is 0 Å². The summed E-state index contributed by atoms with van der Waals surface area (Å²) in [7, 11) is 0. The van der Waals surface area contributed by atoms with Gasteiger partial charge in [0.05, 0.1) is 6.61 Å². The molecule has 5 nitrogen and oxygen atoms in total. The highest BCUT2D eigenvalue weighted by molar-refractivity contribution is 8.57. The van der Waals surface area contributed by atoms with Gasteiger partial charge in [-0.25, -0.2) is 4.79 Å². The lowest BCUT2D eigenvalue weighted by Crippen LogP contribution is -2.23. The van der Waals surface area contributed by atoms with Crippen LogP contribution in [0.15, 0.2) is 12.4 Å². The average molecular weight is 239 g/mol. The first-order valence-corrected chi connectivity index (χ1v) is 7.31. The zero-order valence-corrected chi connectivity index (χ0v) is 9.64. The molecule has 0 aromatic rings. The van der Waals surface area contributed by atoms with Gasteiger partial charge >= 0.3 is 6.09 Å². The molecule has 2 N–H and O–H groups in total. The number of hydrogen-bond acceptors (Lipinski definition) is 4. The van der Waals surface area contributed by atoms with Gasteiger partial charge < -0.3 is 14.9 Å². The molecule has 0 aromatic carbocycles. The highest BCUT2D eigenvalue weighted by atomic mass is 32.7. The topological polar surface area (TPSA) is 75.6 Å². The molecule has 0 rings (SSSR count). The van der Waals surface area contributed by atoms with E-state index in [0.29, 0.717) is 12.4 Å². The summed E-state index contributed by atoms with van der Waals surface area (Å²) in [4.78, 5) is 10.1. The van der Waals surface area contributed by atoms with Crippen LogP contribution in [-0.4, -0.2) is 30.1 Å². The molecule has 0 heterocycles. The third-order valence-corrected chi connectivity index (χ3v) is 5.38. The smallest absolute Gasteiger partial charge is 0.404 e. The molecule has 0 aliphatic rings. The second-order valence-electron chi connectivity index (χ2n) is 2.21. The molecule has 0 radical (unpaired) electrons. The highest BCUT2D eigenvalue weighted by Crippen LogP contribution is 2.60. The molecule has 7 heteroatoms. The quantitative estimate of drug-likeness (QED) is 0.527. The van der Waals surface area contributed by atoms with Crippen LogP contribution in [0.2, 0.25) is 0 Å². The lowest BCUT2D eigenvalue weighted by atomic mass is 10.7. The first-order valence-electron chi connectivity index (χ1n) is 4.03. The molecule has 0 fully saturated rings. The fourth-order valence-corrected chi connectivity index (χ4v) is 3.64. The van der Waals surface area contributed by atoms with E-state index in [9.17, 15) is 9.36 Å². The van der Waals surface area contributed by atoms with Crippen LogP contribution < -0.4 is 5.32 Å². The zero-order valence-electron chi connectivity index (χ0n) is 7.93. The van der Waals surface area contributed by atoms with Gasteiger partial charge in [-0.3, -0.25) is 4.57 Å². The van der Waals surface area contributed by atoms with Gasteiger partial charge in [0.1, 0.15) is 0 Å². The van der Waals surface area contributed by atoms with E-state index in [1.807, 2.05) is 0 Å². The third kappa shape index (κ3) is 6.07. The van der Waals surface area contributed by atoms with Crippen molar-refractivity contribution in [2.45, 2.75) is 6.92 Å². The molecule has 0 aliphatic heterocycles. The Morgan fingerprint density at radius 1 is 1.79 bits per heavy atom. The Morgan fingerprint density at radius 3 is 2.86 bits per heavy atom. The van der Waals surface area contributed by atoms with E-state index in [2.05, 4.69) is 11.9 Å². The Bertz CT molecular complexity index is 246. The van der Waals surface area contributed by atoms with E-state index in [1.54, 1.807) is 6.92 Å². The summed E-state index contributed by atoms with van der Waals surface area (Å²) in [5.41, 5.74) is 0. The van der Waals surface area contributed by atoms with E-state index in [1.165, 1.54) is 5.82 Å². The maximum atomic E-state index is 11.7. The second-order valence-corrected chi connectivity index (χ2v) is 6.88. The van der Waals surface area contributed by atoms with Crippen LogP contribution in [0.1, 0.15) is 6.92 Å². The van der Waals surface area contributed by atoms with E-state index < -0.39 is 12.7 Å². The summed E-state index contributed by atoms with van der Waals surface area (Å²) in [5.74, 6) is 1.68. The minimum atomic E-state index is -2.81. The van der Waals surface area contributed by atoms with Crippen LogP contribution in [0, 0.1) is 0 Å². The Balaban J connectivity index is 3.78. The van der Waals surface area contributed by atoms with Crippen molar-refractivity contribution >= 4 is 24.0 Å². The van der Waals surface area contributed by atoms with E-state index in [-0.39, 0.29) is 6.54 Å². The van der Waals surface area contributed by atoms with Crippen molar-refractivity contribution in [3.63, 3.8) is 0 Å². The van der Waals surface area contributed by atoms with Crippen molar-refractivity contribution < 1.29 is 19.0 Å². The normalized spacial score (nSPS) is 14.4. The average Bonchev–Trinajstić information content (AvgIpc) is 2.13. The summed E-state index contributed by atoms with van der Waals surface area (Å²) in [6.07, 6.45) is -1.09. The van der Waals surface area contributed by atoms with E-state index in [4.69, 9.17) is 9.63 Å². The van der Waals surface area contributed by atoms with Crippen molar-refractivity contribution in [2.75, 3.05) is 18.9 Å². The summed E-state index contributed by atoms with van der Waals surface area (Å²) in [5, 5.41) is 10.4. The van der Waals surface area contributed by atoms with Crippen LogP contribution >= 0.6 is 18.0 Å². The standard InChI is InChI=1S/C7H14NO4PS/c1-3-12-13(11,4-2)14-6-5-8-7(9)10/h4,8H,2-3,5-6H2,1H3,(H,9,10). The van der Waals surface area contributed by atoms with E-state index in [0.717, 1.165) is 11.4 Å². The SMILES string of the molecule is C=CP(=O)(OCC)SCCNC(=O)O. The Labute approximate surface area is 87.1 Å². The molecular formula is C7H14NO4PS. The number of carbonyl (C=O) groups is 1. The maximum absolute atomic E-state index is 11.7. The maximum Gasteiger partial charge on any atom is 0.404 e. The summed E-state index contributed by atoms with van der Waals surface area (Å²) < 4.78 is 16.7. The fraction of sp³-hybridized carbons (Fsp3) is 0.571. The number of carboxylic acid groups (broad SMARTS) is 1. The Morgan fingerprint density at radius 2 is 2.43 bits per heavy atom. The summed E-state index contributed by atoms with van der Waals surface area (Å²) >= 11 is 1.08. The van der Waals surface area contributed by atoms with Gasteiger partial charge in [-0.2, -0.15) is 0 Å². The molecule has 0 saturated carbocycles. The number of hydrogen-bond donors (Lipinski definition) is 2. The van der Waals surface area contributed by atoms with Crippen molar-refractivity contribution in [3.8, 4) is 0 Å². The Kier molecular flexibility index (Phi) is 6.70. The van der Waals surface area contributed by atoms with Gasteiger partial charge in [0, 0.05) is 18.1 Å². The molecular weight excluding hydrogens is 225 g/mol. The number of nitrogens with one attached hydrogen (secondary N) is 1. The molecule has 0 bridgehead atoms. The zero-order chi connectivity index (χ0) is 11.0. The van der Waals surface area contributed by atoms with Gasteiger partial charge in [-0.15, -0.1) is 0 Å². The fourth-order valence-electron chi connectivity index (χ4n) is 0.653. The Hall–Kier alpha value is -0.450. The number of rotatable bonds is 7. The van der Waals surface area contributed by atoms with Crippen LogP contribution in [0.25, 0.3) is 0 Å². The molecule has 0 spiro atoms. The molecule has 1 atom stereocenters. The van der Waals surface area contributed by atoms with Crippen LogP contribution in [0.4, 0.5) is 4.79 Å². The summed E-state index contributed by atoms with van der Waals surface area (Å²) in [6.45, 7) is 2.94. The van der Waals surface area contributed by atoms with Crippen LogP contribution in [0.5, 0.6) is 0 Å². The lowest BCUT2D eigenvalue weighted by molar-refractivity contribution is 0.195. The van der Waals surface area contributed by atoms with Gasteiger partial charge in [-0.1, -0.05) is 18.0 Å². The predicted octanol–water partition coefficient (Wildman–Crippen LogP) is 2.36. The minimum absolute atomic E-state index is 0.241. The minimum Gasteiger partial charge on any atom is -0.465 e. The molecule has 14 heavy (non-hydrogen) atoms. The number of amides is 1. The monoisotopic (exact) mass is 239 g/mol. The largest absolute Gasteiger partial charge is 0.465 e. The molecule has 0 aromatic heterocycles. The molecule has 0 saturated heterocycles. The van der Waals surface area contributed by atoms with Gasteiger partial charge in [0.15, 0.2) is 0 Å².